The Morgan fingerprint density at radius 2 is 1.87 bits per heavy atom. The lowest BCUT2D eigenvalue weighted by Gasteiger charge is -2.06. The summed E-state index contributed by atoms with van der Waals surface area (Å²) in [6.07, 6.45) is 5.97. The number of allylic oxidation sites excluding steroid dienone is 2. The molecule has 2 atom stereocenters. The monoisotopic (exact) mass is 204 g/mol. The van der Waals surface area contributed by atoms with Gasteiger partial charge in [0.2, 0.25) is 0 Å². The molecule has 1 aromatic rings. The minimum atomic E-state index is -0.193. The van der Waals surface area contributed by atoms with Crippen LogP contribution >= 0.6 is 0 Å². The molecule has 0 spiro atoms. The predicted molar refractivity (Wildman–Crippen MR) is 64.9 cm³/mol. The third-order valence-electron chi connectivity index (χ3n) is 2.50. The Morgan fingerprint density at radius 1 is 1.20 bits per heavy atom. The van der Waals surface area contributed by atoms with Crippen molar-refractivity contribution >= 4 is 0 Å². The fourth-order valence-corrected chi connectivity index (χ4v) is 1.51. The van der Waals surface area contributed by atoms with E-state index in [0.29, 0.717) is 5.92 Å². The third kappa shape index (κ3) is 4.80. The lowest BCUT2D eigenvalue weighted by molar-refractivity contribution is 0.186. The number of rotatable bonds is 5. The van der Waals surface area contributed by atoms with Gasteiger partial charge in [-0.25, -0.2) is 0 Å². The first kappa shape index (κ1) is 12.0. The summed E-state index contributed by atoms with van der Waals surface area (Å²) in [7, 11) is 0. The van der Waals surface area contributed by atoms with Crippen molar-refractivity contribution < 1.29 is 5.11 Å². The number of benzene rings is 1. The molecule has 1 aromatic carbocycles. The molecular weight excluding hydrogens is 184 g/mol. The molecule has 1 unspecified atom stereocenters. The van der Waals surface area contributed by atoms with Crippen molar-refractivity contribution in [2.24, 2.45) is 0 Å². The van der Waals surface area contributed by atoms with Crippen LogP contribution in [0.4, 0.5) is 0 Å². The standard InChI is InChI=1S/C14H20O/c1-12(8-6-7-9-13(2)15)14-10-4-3-5-11-14/h3-6,8,10-13,15H,7,9H2,1-2H3/b8-6+/t12?,13-/m1/s1. The second-order valence-corrected chi connectivity index (χ2v) is 4.05. The van der Waals surface area contributed by atoms with Crippen LogP contribution in [-0.2, 0) is 0 Å². The summed E-state index contributed by atoms with van der Waals surface area (Å²) in [6, 6.07) is 10.5. The Hall–Kier alpha value is -1.08. The molecule has 0 fully saturated rings. The van der Waals surface area contributed by atoms with Gasteiger partial charge in [0.1, 0.15) is 0 Å². The van der Waals surface area contributed by atoms with Gasteiger partial charge in [0.25, 0.3) is 0 Å². The molecule has 1 rings (SSSR count). The number of hydrogen-bond acceptors (Lipinski definition) is 1. The van der Waals surface area contributed by atoms with E-state index >= 15 is 0 Å². The minimum Gasteiger partial charge on any atom is -0.393 e. The van der Waals surface area contributed by atoms with E-state index in [1.807, 2.05) is 13.0 Å². The van der Waals surface area contributed by atoms with Crippen molar-refractivity contribution in [1.82, 2.24) is 0 Å². The van der Waals surface area contributed by atoms with Crippen LogP contribution in [0.1, 0.15) is 38.2 Å². The highest BCUT2D eigenvalue weighted by Gasteiger charge is 1.99. The Bertz CT molecular complexity index is 287. The van der Waals surface area contributed by atoms with E-state index in [2.05, 4.69) is 43.3 Å². The molecule has 0 aromatic heterocycles. The summed E-state index contributed by atoms with van der Waals surface area (Å²) in [5, 5.41) is 9.10. The molecule has 0 saturated heterocycles. The zero-order valence-corrected chi connectivity index (χ0v) is 9.56. The van der Waals surface area contributed by atoms with Crippen molar-refractivity contribution in [1.29, 1.82) is 0 Å². The maximum Gasteiger partial charge on any atom is 0.0515 e. The van der Waals surface area contributed by atoms with Gasteiger partial charge in [-0.2, -0.15) is 0 Å². The minimum absolute atomic E-state index is 0.193. The third-order valence-corrected chi connectivity index (χ3v) is 2.50. The zero-order valence-electron chi connectivity index (χ0n) is 9.56. The fourth-order valence-electron chi connectivity index (χ4n) is 1.51. The van der Waals surface area contributed by atoms with Gasteiger partial charge in [-0.15, -0.1) is 0 Å². The normalized spacial score (nSPS) is 15.4. The average molecular weight is 204 g/mol. The second-order valence-electron chi connectivity index (χ2n) is 4.05. The highest BCUT2D eigenvalue weighted by molar-refractivity contribution is 5.22. The molecule has 0 bridgehead atoms. The molecule has 15 heavy (non-hydrogen) atoms. The van der Waals surface area contributed by atoms with Gasteiger partial charge >= 0.3 is 0 Å². The Morgan fingerprint density at radius 3 is 2.47 bits per heavy atom. The second kappa shape index (κ2) is 6.41. The van der Waals surface area contributed by atoms with Gasteiger partial charge in [0.15, 0.2) is 0 Å². The first-order chi connectivity index (χ1) is 7.20. The number of hydrogen-bond donors (Lipinski definition) is 1. The molecule has 1 N–H and O–H groups in total. The molecule has 0 amide bonds. The van der Waals surface area contributed by atoms with E-state index in [9.17, 15) is 0 Å². The summed E-state index contributed by atoms with van der Waals surface area (Å²) in [5.41, 5.74) is 1.34. The maximum absolute atomic E-state index is 9.10. The van der Waals surface area contributed by atoms with E-state index in [0.717, 1.165) is 12.8 Å². The quantitative estimate of drug-likeness (QED) is 0.728. The van der Waals surface area contributed by atoms with Crippen LogP contribution in [-0.4, -0.2) is 11.2 Å². The van der Waals surface area contributed by atoms with E-state index in [1.54, 1.807) is 0 Å². The van der Waals surface area contributed by atoms with Gasteiger partial charge < -0.3 is 5.11 Å². The summed E-state index contributed by atoms with van der Waals surface area (Å²) in [4.78, 5) is 0. The van der Waals surface area contributed by atoms with Gasteiger partial charge in [-0.3, -0.25) is 0 Å². The first-order valence-electron chi connectivity index (χ1n) is 5.60. The molecule has 0 heterocycles. The van der Waals surface area contributed by atoms with Gasteiger partial charge in [0, 0.05) is 0 Å². The molecule has 0 aliphatic rings. The Labute approximate surface area is 92.5 Å². The van der Waals surface area contributed by atoms with Crippen molar-refractivity contribution in [3.8, 4) is 0 Å². The van der Waals surface area contributed by atoms with Crippen LogP contribution < -0.4 is 0 Å². The zero-order chi connectivity index (χ0) is 11.1. The Balaban J connectivity index is 2.39. The molecule has 1 nitrogen and oxygen atoms in total. The molecule has 82 valence electrons. The van der Waals surface area contributed by atoms with Crippen LogP contribution in [0.15, 0.2) is 42.5 Å². The lowest BCUT2D eigenvalue weighted by Crippen LogP contribution is -1.97. The van der Waals surface area contributed by atoms with Crippen LogP contribution in [0.25, 0.3) is 0 Å². The van der Waals surface area contributed by atoms with Gasteiger partial charge in [0.05, 0.1) is 6.10 Å². The molecule has 0 saturated carbocycles. The van der Waals surface area contributed by atoms with E-state index in [4.69, 9.17) is 5.11 Å². The van der Waals surface area contributed by atoms with Crippen molar-refractivity contribution in [3.63, 3.8) is 0 Å². The van der Waals surface area contributed by atoms with Crippen LogP contribution in [0.2, 0.25) is 0 Å². The highest BCUT2D eigenvalue weighted by Crippen LogP contribution is 2.16. The summed E-state index contributed by atoms with van der Waals surface area (Å²) >= 11 is 0. The fraction of sp³-hybridized carbons (Fsp3) is 0.429. The van der Waals surface area contributed by atoms with E-state index < -0.39 is 0 Å². The van der Waals surface area contributed by atoms with E-state index in [-0.39, 0.29) is 6.10 Å². The highest BCUT2D eigenvalue weighted by atomic mass is 16.3. The van der Waals surface area contributed by atoms with Crippen LogP contribution in [0.5, 0.6) is 0 Å². The molecular formula is C14H20O. The van der Waals surface area contributed by atoms with Gasteiger partial charge in [-0.05, 0) is 31.2 Å². The molecule has 0 aliphatic carbocycles. The molecule has 0 aliphatic heterocycles. The smallest absolute Gasteiger partial charge is 0.0515 e. The summed E-state index contributed by atoms with van der Waals surface area (Å²) in [6.45, 7) is 4.02. The maximum atomic E-state index is 9.10. The first-order valence-corrected chi connectivity index (χ1v) is 5.60. The Kier molecular flexibility index (Phi) is 5.13. The summed E-state index contributed by atoms with van der Waals surface area (Å²) < 4.78 is 0. The van der Waals surface area contributed by atoms with Crippen molar-refractivity contribution in [3.05, 3.63) is 48.0 Å². The molecule has 0 radical (unpaired) electrons. The number of aliphatic hydroxyl groups excluding tert-OH is 1. The predicted octanol–water partition coefficient (Wildman–Crippen LogP) is 3.51. The van der Waals surface area contributed by atoms with Crippen molar-refractivity contribution in [2.75, 3.05) is 0 Å². The van der Waals surface area contributed by atoms with Crippen molar-refractivity contribution in [2.45, 2.75) is 38.7 Å². The molecule has 1 heteroatoms. The number of aliphatic hydroxyl groups is 1. The van der Waals surface area contributed by atoms with Crippen LogP contribution in [0, 0.1) is 0 Å². The average Bonchev–Trinajstić information content (AvgIpc) is 2.25. The van der Waals surface area contributed by atoms with Gasteiger partial charge in [-0.1, -0.05) is 49.4 Å². The van der Waals surface area contributed by atoms with Crippen LogP contribution in [0.3, 0.4) is 0 Å². The summed E-state index contributed by atoms with van der Waals surface area (Å²) in [5.74, 6) is 0.459. The lowest BCUT2D eigenvalue weighted by atomic mass is 10.0. The largest absolute Gasteiger partial charge is 0.393 e. The van der Waals surface area contributed by atoms with E-state index in [1.165, 1.54) is 5.56 Å². The topological polar surface area (TPSA) is 20.2 Å². The SMILES string of the molecule is CC(/C=C/CC[C@@H](C)O)c1ccccc1.